The maximum absolute atomic E-state index is 12.3. The van der Waals surface area contributed by atoms with Gasteiger partial charge in [0.25, 0.3) is 5.91 Å². The molecule has 108 valence electrons. The predicted molar refractivity (Wildman–Crippen MR) is 87.1 cm³/mol. The number of amides is 1. The molecular formula is C16H13Cl2NO2. The van der Waals surface area contributed by atoms with Gasteiger partial charge < -0.3 is 10.1 Å². The van der Waals surface area contributed by atoms with E-state index < -0.39 is 0 Å². The summed E-state index contributed by atoms with van der Waals surface area (Å²) in [6, 6.07) is 14.2. The summed E-state index contributed by atoms with van der Waals surface area (Å²) in [6.07, 6.45) is 1.57. The van der Waals surface area contributed by atoms with Gasteiger partial charge in [0.1, 0.15) is 10.2 Å². The van der Waals surface area contributed by atoms with Crippen LogP contribution in [0.3, 0.4) is 0 Å². The highest BCUT2D eigenvalue weighted by Crippen LogP contribution is 2.22. The van der Waals surface area contributed by atoms with E-state index in [4.69, 9.17) is 27.9 Å². The van der Waals surface area contributed by atoms with E-state index in [1.807, 2.05) is 18.2 Å². The monoisotopic (exact) mass is 321 g/mol. The summed E-state index contributed by atoms with van der Waals surface area (Å²) in [7, 11) is 1.56. The number of nitrogens with one attached hydrogen (secondary N) is 1. The van der Waals surface area contributed by atoms with Gasteiger partial charge in [-0.3, -0.25) is 4.79 Å². The molecule has 0 radical (unpaired) electrons. The van der Waals surface area contributed by atoms with Gasteiger partial charge in [-0.1, -0.05) is 47.5 Å². The van der Waals surface area contributed by atoms with Gasteiger partial charge in [-0.05, 0) is 30.3 Å². The molecule has 0 bridgehead atoms. The van der Waals surface area contributed by atoms with Gasteiger partial charge >= 0.3 is 0 Å². The quantitative estimate of drug-likeness (QED) is 0.884. The number of para-hydroxylation sites is 1. The lowest BCUT2D eigenvalue weighted by atomic mass is 10.1. The molecule has 0 fully saturated rings. The Bertz CT molecular complexity index is 679. The van der Waals surface area contributed by atoms with Crippen molar-refractivity contribution in [2.45, 2.75) is 0 Å². The Morgan fingerprint density at radius 2 is 1.90 bits per heavy atom. The van der Waals surface area contributed by atoms with E-state index in [-0.39, 0.29) is 10.4 Å². The highest BCUT2D eigenvalue weighted by atomic mass is 35.5. The zero-order valence-corrected chi connectivity index (χ0v) is 12.8. The van der Waals surface area contributed by atoms with Crippen LogP contribution in [0.2, 0.25) is 0 Å². The summed E-state index contributed by atoms with van der Waals surface area (Å²) in [6.45, 7) is 0. The lowest BCUT2D eigenvalue weighted by Crippen LogP contribution is -2.12. The Kier molecular flexibility index (Phi) is 5.26. The fourth-order valence-corrected chi connectivity index (χ4v) is 2.05. The zero-order chi connectivity index (χ0) is 15.2. The van der Waals surface area contributed by atoms with Gasteiger partial charge in [-0.25, -0.2) is 0 Å². The van der Waals surface area contributed by atoms with E-state index in [9.17, 15) is 4.79 Å². The average Bonchev–Trinajstić information content (AvgIpc) is 2.48. The molecule has 1 amide bonds. The predicted octanol–water partition coefficient (Wildman–Crippen LogP) is 4.72. The van der Waals surface area contributed by atoms with Crippen LogP contribution in [0.4, 0.5) is 5.69 Å². The largest absolute Gasteiger partial charge is 0.497 e. The highest BCUT2D eigenvalue weighted by molar-refractivity contribution is 6.57. The summed E-state index contributed by atoms with van der Waals surface area (Å²) in [5.41, 5.74) is 1.86. The second-order valence-corrected chi connectivity index (χ2v) is 5.22. The van der Waals surface area contributed by atoms with Crippen molar-refractivity contribution in [1.29, 1.82) is 0 Å². The molecule has 1 N–H and O–H groups in total. The maximum Gasteiger partial charge on any atom is 0.255 e. The molecule has 21 heavy (non-hydrogen) atoms. The molecule has 3 nitrogen and oxygen atoms in total. The lowest BCUT2D eigenvalue weighted by molar-refractivity contribution is 0.102. The summed E-state index contributed by atoms with van der Waals surface area (Å²) in [4.78, 5) is 12.3. The van der Waals surface area contributed by atoms with Crippen LogP contribution in [-0.2, 0) is 0 Å². The Labute approximate surface area is 133 Å². The van der Waals surface area contributed by atoms with E-state index in [0.717, 1.165) is 5.56 Å². The van der Waals surface area contributed by atoms with Crippen molar-refractivity contribution in [3.8, 4) is 5.75 Å². The van der Waals surface area contributed by atoms with Gasteiger partial charge in [0.2, 0.25) is 0 Å². The molecule has 2 aromatic rings. The zero-order valence-electron chi connectivity index (χ0n) is 11.3. The molecule has 0 saturated heterocycles. The van der Waals surface area contributed by atoms with E-state index in [0.29, 0.717) is 17.0 Å². The number of anilines is 1. The topological polar surface area (TPSA) is 38.3 Å². The van der Waals surface area contributed by atoms with Gasteiger partial charge in [0.05, 0.1) is 7.11 Å². The van der Waals surface area contributed by atoms with Crippen LogP contribution in [0.25, 0.3) is 6.08 Å². The minimum absolute atomic E-state index is 0.123. The summed E-state index contributed by atoms with van der Waals surface area (Å²) in [5, 5.41) is 2.83. The normalized spacial score (nSPS) is 9.86. The van der Waals surface area contributed by atoms with Crippen LogP contribution >= 0.6 is 23.2 Å². The van der Waals surface area contributed by atoms with Crippen molar-refractivity contribution in [1.82, 2.24) is 0 Å². The molecule has 0 unspecified atom stereocenters. The number of carbonyl (C=O) groups is 1. The Balaban J connectivity index is 2.25. The Morgan fingerprint density at radius 3 is 2.62 bits per heavy atom. The molecule has 2 rings (SSSR count). The van der Waals surface area contributed by atoms with Crippen LogP contribution in [0, 0.1) is 0 Å². The third kappa shape index (κ3) is 4.25. The molecule has 0 aromatic heterocycles. The number of methoxy groups -OCH3 is 1. The number of hydrogen-bond acceptors (Lipinski definition) is 2. The number of rotatable bonds is 4. The van der Waals surface area contributed by atoms with Crippen molar-refractivity contribution in [2.24, 2.45) is 0 Å². The molecule has 2 aromatic carbocycles. The van der Waals surface area contributed by atoms with Crippen molar-refractivity contribution in [3.63, 3.8) is 0 Å². The van der Waals surface area contributed by atoms with Crippen molar-refractivity contribution < 1.29 is 9.53 Å². The Hall–Kier alpha value is -1.97. The highest BCUT2D eigenvalue weighted by Gasteiger charge is 2.09. The van der Waals surface area contributed by atoms with Gasteiger partial charge in [0, 0.05) is 16.8 Å². The van der Waals surface area contributed by atoms with Crippen molar-refractivity contribution in [2.75, 3.05) is 12.4 Å². The molecule has 0 atom stereocenters. The fourth-order valence-electron chi connectivity index (χ4n) is 1.81. The summed E-state index contributed by atoms with van der Waals surface area (Å²) < 4.78 is 5.23. The van der Waals surface area contributed by atoms with E-state index in [2.05, 4.69) is 5.32 Å². The smallest absolute Gasteiger partial charge is 0.255 e. The molecule has 0 heterocycles. The third-order valence-electron chi connectivity index (χ3n) is 2.81. The van der Waals surface area contributed by atoms with Gasteiger partial charge in [-0.15, -0.1) is 0 Å². The van der Waals surface area contributed by atoms with Crippen LogP contribution in [-0.4, -0.2) is 13.0 Å². The maximum atomic E-state index is 12.3. The molecule has 0 aliphatic carbocycles. The number of halogens is 2. The number of benzene rings is 2. The summed E-state index contributed by atoms with van der Waals surface area (Å²) >= 11 is 11.3. The van der Waals surface area contributed by atoms with Crippen LogP contribution < -0.4 is 10.1 Å². The average molecular weight is 322 g/mol. The third-order valence-corrected chi connectivity index (χ3v) is 3.02. The summed E-state index contributed by atoms with van der Waals surface area (Å²) in [5.74, 6) is 0.389. The standard InChI is InChI=1S/C16H13Cl2NO2/c1-21-13-7-4-6-12(9-13)16(20)19-14-8-3-2-5-11(14)10-15(17)18/h2-10H,1H3,(H,19,20). The first-order valence-electron chi connectivity index (χ1n) is 6.17. The van der Waals surface area contributed by atoms with Crippen molar-refractivity contribution in [3.05, 3.63) is 64.1 Å². The Morgan fingerprint density at radius 1 is 1.14 bits per heavy atom. The molecule has 0 spiro atoms. The SMILES string of the molecule is COc1cccc(C(=O)Nc2ccccc2C=C(Cl)Cl)c1. The van der Waals surface area contributed by atoms with Crippen LogP contribution in [0.15, 0.2) is 53.0 Å². The lowest BCUT2D eigenvalue weighted by Gasteiger charge is -2.09. The number of ether oxygens (including phenoxy) is 1. The van der Waals surface area contributed by atoms with E-state index >= 15 is 0 Å². The molecule has 0 aliphatic heterocycles. The minimum atomic E-state index is -0.236. The second-order valence-electron chi connectivity index (χ2n) is 4.21. The van der Waals surface area contributed by atoms with E-state index in [1.54, 1.807) is 43.5 Å². The molecule has 0 saturated carbocycles. The minimum Gasteiger partial charge on any atom is -0.497 e. The molecule has 5 heteroatoms. The van der Waals surface area contributed by atoms with Crippen molar-refractivity contribution >= 4 is 40.9 Å². The fraction of sp³-hybridized carbons (Fsp3) is 0.0625. The second kappa shape index (κ2) is 7.16. The van der Waals surface area contributed by atoms with Crippen LogP contribution in [0.5, 0.6) is 5.75 Å². The number of carbonyl (C=O) groups excluding carboxylic acids is 1. The van der Waals surface area contributed by atoms with Gasteiger partial charge in [0.15, 0.2) is 0 Å². The van der Waals surface area contributed by atoms with E-state index in [1.165, 1.54) is 0 Å². The first kappa shape index (κ1) is 15.4. The first-order valence-corrected chi connectivity index (χ1v) is 6.93. The number of hydrogen-bond donors (Lipinski definition) is 1. The first-order chi connectivity index (χ1) is 10.1. The molecular weight excluding hydrogens is 309 g/mol. The molecule has 0 aliphatic rings. The van der Waals surface area contributed by atoms with Gasteiger partial charge in [-0.2, -0.15) is 0 Å². The van der Waals surface area contributed by atoms with Crippen LogP contribution in [0.1, 0.15) is 15.9 Å².